The third-order valence-electron chi connectivity index (χ3n) is 3.09. The van der Waals surface area contributed by atoms with Crippen LogP contribution in [0.2, 0.25) is 0 Å². The van der Waals surface area contributed by atoms with Crippen LogP contribution in [-0.2, 0) is 4.79 Å². The molecule has 0 aliphatic rings. The third-order valence-corrected chi connectivity index (χ3v) is 3.09. The lowest BCUT2D eigenvalue weighted by molar-refractivity contribution is -0.119. The molecular formula is C17H30O. The van der Waals surface area contributed by atoms with Crippen molar-refractivity contribution in [3.05, 3.63) is 24.8 Å². The average Bonchev–Trinajstić information content (AvgIpc) is 2.38. The molecule has 0 saturated heterocycles. The molecule has 0 aromatic heterocycles. The van der Waals surface area contributed by atoms with Gasteiger partial charge in [0.2, 0.25) is 0 Å². The summed E-state index contributed by atoms with van der Waals surface area (Å²) in [5.74, 6) is 0.459. The van der Waals surface area contributed by atoms with E-state index in [2.05, 4.69) is 25.7 Å². The van der Waals surface area contributed by atoms with Crippen LogP contribution in [0, 0.1) is 0 Å². The summed E-state index contributed by atoms with van der Waals surface area (Å²) in [5.41, 5.74) is 0. The zero-order chi connectivity index (χ0) is 13.5. The molecule has 0 fully saturated rings. The highest BCUT2D eigenvalue weighted by Crippen LogP contribution is 2.08. The van der Waals surface area contributed by atoms with Crippen molar-refractivity contribution in [3.63, 3.8) is 0 Å². The summed E-state index contributed by atoms with van der Waals surface area (Å²) < 4.78 is 0. The second-order valence-corrected chi connectivity index (χ2v) is 4.93. The van der Waals surface area contributed by atoms with E-state index < -0.39 is 0 Å². The molecule has 1 nitrogen and oxygen atoms in total. The van der Waals surface area contributed by atoms with Crippen molar-refractivity contribution in [1.29, 1.82) is 0 Å². The van der Waals surface area contributed by atoms with Gasteiger partial charge in [-0.1, -0.05) is 44.4 Å². The SMILES string of the molecule is C=CCCC=CCCCCCCC(=O)CCCC. The first-order valence-electron chi connectivity index (χ1n) is 7.58. The molecule has 0 amide bonds. The van der Waals surface area contributed by atoms with Gasteiger partial charge in [-0.15, -0.1) is 6.58 Å². The Bertz CT molecular complexity index is 228. The molecule has 0 spiro atoms. The summed E-state index contributed by atoms with van der Waals surface area (Å²) in [6, 6.07) is 0. The average molecular weight is 250 g/mol. The van der Waals surface area contributed by atoms with Crippen LogP contribution >= 0.6 is 0 Å². The summed E-state index contributed by atoms with van der Waals surface area (Å²) in [4.78, 5) is 11.4. The molecular weight excluding hydrogens is 220 g/mol. The van der Waals surface area contributed by atoms with Gasteiger partial charge >= 0.3 is 0 Å². The van der Waals surface area contributed by atoms with Crippen LogP contribution in [-0.4, -0.2) is 5.78 Å². The Morgan fingerprint density at radius 3 is 2.28 bits per heavy atom. The zero-order valence-electron chi connectivity index (χ0n) is 12.1. The van der Waals surface area contributed by atoms with E-state index in [-0.39, 0.29) is 0 Å². The first-order chi connectivity index (χ1) is 8.81. The van der Waals surface area contributed by atoms with Gasteiger partial charge in [0.1, 0.15) is 5.78 Å². The summed E-state index contributed by atoms with van der Waals surface area (Å²) >= 11 is 0. The van der Waals surface area contributed by atoms with Crippen molar-refractivity contribution in [3.8, 4) is 0 Å². The third kappa shape index (κ3) is 13.2. The molecule has 1 heteroatoms. The van der Waals surface area contributed by atoms with Gasteiger partial charge in [-0.25, -0.2) is 0 Å². The molecule has 0 rings (SSSR count). The highest BCUT2D eigenvalue weighted by Gasteiger charge is 2.00. The zero-order valence-corrected chi connectivity index (χ0v) is 12.1. The van der Waals surface area contributed by atoms with Crippen molar-refractivity contribution in [1.82, 2.24) is 0 Å². The van der Waals surface area contributed by atoms with Crippen molar-refractivity contribution < 1.29 is 4.79 Å². The van der Waals surface area contributed by atoms with E-state index in [1.54, 1.807) is 0 Å². The maximum absolute atomic E-state index is 11.4. The fraction of sp³-hybridized carbons (Fsp3) is 0.706. The lowest BCUT2D eigenvalue weighted by Crippen LogP contribution is -1.96. The minimum absolute atomic E-state index is 0.459. The summed E-state index contributed by atoms with van der Waals surface area (Å²) in [7, 11) is 0. The number of carbonyl (C=O) groups excluding carboxylic acids is 1. The van der Waals surface area contributed by atoms with Crippen LogP contribution in [0.5, 0.6) is 0 Å². The Labute approximate surface area is 113 Å². The predicted octanol–water partition coefficient (Wildman–Crippen LogP) is 5.61. The van der Waals surface area contributed by atoms with Gasteiger partial charge in [-0.05, 0) is 38.5 Å². The molecule has 0 aromatic carbocycles. The minimum atomic E-state index is 0.459. The molecule has 104 valence electrons. The first-order valence-corrected chi connectivity index (χ1v) is 7.58. The largest absolute Gasteiger partial charge is 0.300 e. The molecule has 0 aromatic rings. The Balaban J connectivity index is 3.18. The highest BCUT2D eigenvalue weighted by atomic mass is 16.1. The first kappa shape index (κ1) is 17.2. The summed E-state index contributed by atoms with van der Waals surface area (Å²) in [6.07, 6.45) is 18.5. The second-order valence-electron chi connectivity index (χ2n) is 4.93. The van der Waals surface area contributed by atoms with Gasteiger partial charge in [0.25, 0.3) is 0 Å². The number of hydrogen-bond donors (Lipinski definition) is 0. The van der Waals surface area contributed by atoms with Gasteiger partial charge in [0, 0.05) is 12.8 Å². The predicted molar refractivity (Wildman–Crippen MR) is 80.8 cm³/mol. The number of Topliss-reactive ketones (excluding diaryl/α,β-unsaturated/α-hetero) is 1. The molecule has 0 unspecified atom stereocenters. The quantitative estimate of drug-likeness (QED) is 0.307. The molecule has 0 N–H and O–H groups in total. The highest BCUT2D eigenvalue weighted by molar-refractivity contribution is 5.78. The van der Waals surface area contributed by atoms with E-state index in [9.17, 15) is 4.79 Å². The molecule has 0 aliphatic carbocycles. The maximum Gasteiger partial charge on any atom is 0.132 e. The smallest absolute Gasteiger partial charge is 0.132 e. The van der Waals surface area contributed by atoms with E-state index in [0.29, 0.717) is 5.78 Å². The number of hydrogen-bond acceptors (Lipinski definition) is 1. The van der Waals surface area contributed by atoms with Gasteiger partial charge in [0.05, 0.1) is 0 Å². The normalized spacial score (nSPS) is 10.9. The van der Waals surface area contributed by atoms with Gasteiger partial charge < -0.3 is 0 Å². The molecule has 0 saturated carbocycles. The van der Waals surface area contributed by atoms with Crippen molar-refractivity contribution >= 4 is 5.78 Å². The Kier molecular flexibility index (Phi) is 13.5. The van der Waals surface area contributed by atoms with Crippen LogP contribution in [0.15, 0.2) is 24.8 Å². The Morgan fingerprint density at radius 1 is 0.889 bits per heavy atom. The summed E-state index contributed by atoms with van der Waals surface area (Å²) in [6.45, 7) is 5.83. The molecule has 0 aliphatic heterocycles. The minimum Gasteiger partial charge on any atom is -0.300 e. The number of rotatable bonds is 13. The van der Waals surface area contributed by atoms with E-state index >= 15 is 0 Å². The van der Waals surface area contributed by atoms with Crippen LogP contribution in [0.4, 0.5) is 0 Å². The monoisotopic (exact) mass is 250 g/mol. The van der Waals surface area contributed by atoms with Gasteiger partial charge in [-0.3, -0.25) is 4.79 Å². The number of allylic oxidation sites excluding steroid dienone is 3. The van der Waals surface area contributed by atoms with Gasteiger partial charge in [0.15, 0.2) is 0 Å². The van der Waals surface area contributed by atoms with Crippen LogP contribution in [0.3, 0.4) is 0 Å². The molecule has 0 atom stereocenters. The fourth-order valence-electron chi connectivity index (χ4n) is 1.89. The van der Waals surface area contributed by atoms with E-state index in [4.69, 9.17) is 0 Å². The van der Waals surface area contributed by atoms with Crippen molar-refractivity contribution in [2.45, 2.75) is 77.6 Å². The fourth-order valence-corrected chi connectivity index (χ4v) is 1.89. The lowest BCUT2D eigenvalue weighted by Gasteiger charge is -2.00. The molecule has 0 bridgehead atoms. The summed E-state index contributed by atoms with van der Waals surface area (Å²) in [5, 5.41) is 0. The Morgan fingerprint density at radius 2 is 1.56 bits per heavy atom. The van der Waals surface area contributed by atoms with Crippen LogP contribution < -0.4 is 0 Å². The van der Waals surface area contributed by atoms with E-state index in [1.165, 1.54) is 25.7 Å². The van der Waals surface area contributed by atoms with E-state index in [1.807, 2.05) is 6.08 Å². The number of unbranched alkanes of at least 4 members (excludes halogenated alkanes) is 6. The number of carbonyl (C=O) groups is 1. The van der Waals surface area contributed by atoms with Crippen LogP contribution in [0.1, 0.15) is 77.6 Å². The molecule has 0 heterocycles. The van der Waals surface area contributed by atoms with Crippen LogP contribution in [0.25, 0.3) is 0 Å². The Hall–Kier alpha value is -0.850. The standard InChI is InChI=1S/C17H30O/c1-3-5-7-8-9-10-11-12-13-14-16-17(18)15-6-4-2/h3,8-9H,1,4-7,10-16H2,2H3. The van der Waals surface area contributed by atoms with Crippen molar-refractivity contribution in [2.75, 3.05) is 0 Å². The van der Waals surface area contributed by atoms with Crippen molar-refractivity contribution in [2.24, 2.45) is 0 Å². The van der Waals surface area contributed by atoms with E-state index in [0.717, 1.165) is 44.9 Å². The topological polar surface area (TPSA) is 17.1 Å². The number of ketones is 1. The van der Waals surface area contributed by atoms with Gasteiger partial charge in [-0.2, -0.15) is 0 Å². The maximum atomic E-state index is 11.4. The lowest BCUT2D eigenvalue weighted by atomic mass is 10.1. The molecule has 18 heavy (non-hydrogen) atoms. The second kappa shape index (κ2) is 14.2. The molecule has 0 radical (unpaired) electrons.